The number of rotatable bonds is 4. The second kappa shape index (κ2) is 5.98. The van der Waals surface area contributed by atoms with E-state index in [9.17, 15) is 0 Å². The standard InChI is InChI=1S/C18H20ClNO/c1-12-5-3-4-6-16(12)13-9-15(10-13)20-17-11-14(19)7-8-18(17)21-2/h3-8,11,13,15,20H,9-10H2,1-2H3. The SMILES string of the molecule is COc1ccc(Cl)cc1NC1CC(c2ccccc2C)C1. The summed E-state index contributed by atoms with van der Waals surface area (Å²) < 4.78 is 5.38. The molecule has 3 rings (SSSR count). The largest absolute Gasteiger partial charge is 0.495 e. The first-order valence-electron chi connectivity index (χ1n) is 7.33. The molecule has 0 heterocycles. The Kier molecular flexibility index (Phi) is 4.07. The number of aryl methyl sites for hydroxylation is 1. The minimum atomic E-state index is 0.488. The van der Waals surface area contributed by atoms with E-state index in [0.717, 1.165) is 29.3 Å². The third kappa shape index (κ3) is 3.01. The van der Waals surface area contributed by atoms with Crippen LogP contribution in [0.2, 0.25) is 5.02 Å². The van der Waals surface area contributed by atoms with Crippen LogP contribution in [0, 0.1) is 6.92 Å². The highest BCUT2D eigenvalue weighted by Gasteiger charge is 2.31. The Morgan fingerprint density at radius 3 is 2.62 bits per heavy atom. The summed E-state index contributed by atoms with van der Waals surface area (Å²) >= 11 is 6.07. The maximum Gasteiger partial charge on any atom is 0.142 e. The lowest BCUT2D eigenvalue weighted by molar-refractivity contribution is 0.369. The number of methoxy groups -OCH3 is 1. The van der Waals surface area contributed by atoms with Crippen LogP contribution >= 0.6 is 11.6 Å². The first kappa shape index (κ1) is 14.3. The van der Waals surface area contributed by atoms with Crippen molar-refractivity contribution in [2.24, 2.45) is 0 Å². The van der Waals surface area contributed by atoms with Crippen molar-refractivity contribution < 1.29 is 4.74 Å². The molecule has 1 fully saturated rings. The number of halogens is 1. The second-order valence-electron chi connectivity index (χ2n) is 5.71. The first-order valence-corrected chi connectivity index (χ1v) is 7.71. The maximum absolute atomic E-state index is 6.07. The van der Waals surface area contributed by atoms with E-state index in [1.165, 1.54) is 11.1 Å². The highest BCUT2D eigenvalue weighted by molar-refractivity contribution is 6.30. The Hall–Kier alpha value is -1.67. The van der Waals surface area contributed by atoms with Gasteiger partial charge in [0.15, 0.2) is 0 Å². The summed E-state index contributed by atoms with van der Waals surface area (Å²) in [5.41, 5.74) is 3.85. The molecule has 0 saturated heterocycles. The van der Waals surface area contributed by atoms with Crippen molar-refractivity contribution in [3.63, 3.8) is 0 Å². The first-order chi connectivity index (χ1) is 10.2. The van der Waals surface area contributed by atoms with Crippen molar-refractivity contribution in [3.05, 3.63) is 58.6 Å². The molecule has 2 aromatic rings. The zero-order valence-corrected chi connectivity index (χ0v) is 13.2. The second-order valence-corrected chi connectivity index (χ2v) is 6.15. The van der Waals surface area contributed by atoms with Gasteiger partial charge in [-0.15, -0.1) is 0 Å². The highest BCUT2D eigenvalue weighted by Crippen LogP contribution is 2.41. The monoisotopic (exact) mass is 301 g/mol. The van der Waals surface area contributed by atoms with Crippen molar-refractivity contribution in [1.82, 2.24) is 0 Å². The average Bonchev–Trinajstić information content (AvgIpc) is 2.44. The molecule has 0 spiro atoms. The van der Waals surface area contributed by atoms with Crippen molar-refractivity contribution in [3.8, 4) is 5.75 Å². The zero-order chi connectivity index (χ0) is 14.8. The molecule has 1 aliphatic carbocycles. The summed E-state index contributed by atoms with van der Waals surface area (Å²) in [5, 5.41) is 4.28. The molecule has 3 heteroatoms. The summed E-state index contributed by atoms with van der Waals surface area (Å²) in [4.78, 5) is 0. The lowest BCUT2D eigenvalue weighted by Gasteiger charge is -2.37. The molecule has 0 atom stereocenters. The third-order valence-electron chi connectivity index (χ3n) is 4.29. The summed E-state index contributed by atoms with van der Waals surface area (Å²) in [6.45, 7) is 2.19. The molecular weight excluding hydrogens is 282 g/mol. The van der Waals surface area contributed by atoms with Gasteiger partial charge in [-0.3, -0.25) is 0 Å². The molecule has 1 aliphatic rings. The summed E-state index contributed by atoms with van der Waals surface area (Å²) in [6.07, 6.45) is 2.31. The van der Waals surface area contributed by atoms with Crippen LogP contribution in [0.15, 0.2) is 42.5 Å². The molecule has 110 valence electrons. The number of ether oxygens (including phenoxy) is 1. The van der Waals surface area contributed by atoms with E-state index >= 15 is 0 Å². The minimum absolute atomic E-state index is 0.488. The van der Waals surface area contributed by atoms with Gasteiger partial charge < -0.3 is 10.1 Å². The van der Waals surface area contributed by atoms with Crippen LogP contribution in [0.3, 0.4) is 0 Å². The van der Waals surface area contributed by atoms with Gasteiger partial charge in [0, 0.05) is 11.1 Å². The van der Waals surface area contributed by atoms with E-state index in [2.05, 4.69) is 36.5 Å². The molecule has 0 aliphatic heterocycles. The van der Waals surface area contributed by atoms with Gasteiger partial charge in [-0.05, 0) is 55.0 Å². The predicted octanol–water partition coefficient (Wildman–Crippen LogP) is 5.02. The van der Waals surface area contributed by atoms with Crippen LogP contribution < -0.4 is 10.1 Å². The van der Waals surface area contributed by atoms with Gasteiger partial charge in [0.05, 0.1) is 12.8 Å². The molecule has 0 radical (unpaired) electrons. The molecule has 0 bridgehead atoms. The Bertz CT molecular complexity index is 635. The number of anilines is 1. The van der Waals surface area contributed by atoms with E-state index < -0.39 is 0 Å². The van der Waals surface area contributed by atoms with Gasteiger partial charge >= 0.3 is 0 Å². The third-order valence-corrected chi connectivity index (χ3v) is 4.52. The topological polar surface area (TPSA) is 21.3 Å². The quantitative estimate of drug-likeness (QED) is 0.856. The zero-order valence-electron chi connectivity index (χ0n) is 12.4. The summed E-state index contributed by atoms with van der Waals surface area (Å²) in [7, 11) is 1.69. The summed E-state index contributed by atoms with van der Waals surface area (Å²) in [6, 6.07) is 14.8. The lowest BCUT2D eigenvalue weighted by Crippen LogP contribution is -2.34. The van der Waals surface area contributed by atoms with Crippen molar-refractivity contribution >= 4 is 17.3 Å². The molecule has 2 aromatic carbocycles. The molecule has 1 N–H and O–H groups in total. The van der Waals surface area contributed by atoms with Crippen molar-refractivity contribution in [2.45, 2.75) is 31.7 Å². The van der Waals surface area contributed by atoms with Gasteiger partial charge in [0.1, 0.15) is 5.75 Å². The Labute approximate surface area is 131 Å². The van der Waals surface area contributed by atoms with Gasteiger partial charge in [-0.2, -0.15) is 0 Å². The normalized spacial score (nSPS) is 20.7. The number of hydrogen-bond acceptors (Lipinski definition) is 2. The van der Waals surface area contributed by atoms with Gasteiger partial charge in [0.25, 0.3) is 0 Å². The van der Waals surface area contributed by atoms with E-state index in [0.29, 0.717) is 12.0 Å². The molecule has 0 unspecified atom stereocenters. The number of hydrogen-bond donors (Lipinski definition) is 1. The molecule has 2 nitrogen and oxygen atoms in total. The van der Waals surface area contributed by atoms with E-state index in [1.807, 2.05) is 18.2 Å². The van der Waals surface area contributed by atoms with Crippen LogP contribution in [0.5, 0.6) is 5.75 Å². The fraction of sp³-hybridized carbons (Fsp3) is 0.333. The van der Waals surface area contributed by atoms with E-state index in [1.54, 1.807) is 7.11 Å². The van der Waals surface area contributed by atoms with Gasteiger partial charge in [-0.1, -0.05) is 35.9 Å². The lowest BCUT2D eigenvalue weighted by atomic mass is 9.74. The van der Waals surface area contributed by atoms with Crippen LogP contribution in [-0.4, -0.2) is 13.2 Å². The molecule has 21 heavy (non-hydrogen) atoms. The van der Waals surface area contributed by atoms with Crippen molar-refractivity contribution in [1.29, 1.82) is 0 Å². The Balaban J connectivity index is 1.65. The number of benzene rings is 2. The van der Waals surface area contributed by atoms with Crippen LogP contribution in [-0.2, 0) is 0 Å². The highest BCUT2D eigenvalue weighted by atomic mass is 35.5. The molecule has 0 amide bonds. The molecular formula is C18H20ClNO. The maximum atomic E-state index is 6.07. The van der Waals surface area contributed by atoms with Gasteiger partial charge in [-0.25, -0.2) is 0 Å². The Morgan fingerprint density at radius 1 is 1.14 bits per heavy atom. The van der Waals surface area contributed by atoms with Crippen LogP contribution in [0.4, 0.5) is 5.69 Å². The minimum Gasteiger partial charge on any atom is -0.495 e. The van der Waals surface area contributed by atoms with Crippen LogP contribution in [0.25, 0.3) is 0 Å². The van der Waals surface area contributed by atoms with E-state index in [-0.39, 0.29) is 0 Å². The smallest absolute Gasteiger partial charge is 0.142 e. The van der Waals surface area contributed by atoms with Crippen LogP contribution in [0.1, 0.15) is 29.9 Å². The number of nitrogens with one attached hydrogen (secondary N) is 1. The fourth-order valence-electron chi connectivity index (χ4n) is 3.05. The van der Waals surface area contributed by atoms with E-state index in [4.69, 9.17) is 16.3 Å². The average molecular weight is 302 g/mol. The predicted molar refractivity (Wildman–Crippen MR) is 88.6 cm³/mol. The summed E-state index contributed by atoms with van der Waals surface area (Å²) in [5.74, 6) is 1.51. The van der Waals surface area contributed by atoms with Crippen molar-refractivity contribution in [2.75, 3.05) is 12.4 Å². The van der Waals surface area contributed by atoms with Gasteiger partial charge in [0.2, 0.25) is 0 Å². The molecule has 0 aromatic heterocycles. The molecule has 1 saturated carbocycles. The fourth-order valence-corrected chi connectivity index (χ4v) is 3.22. The Morgan fingerprint density at radius 2 is 1.90 bits per heavy atom.